The fourth-order valence-corrected chi connectivity index (χ4v) is 2.72. The lowest BCUT2D eigenvalue weighted by molar-refractivity contribution is 0.292. The van der Waals surface area contributed by atoms with Gasteiger partial charge in [0.1, 0.15) is 0 Å². The number of nitrogens with zero attached hydrogens (tertiary/aromatic N) is 1. The van der Waals surface area contributed by atoms with Gasteiger partial charge in [-0.15, -0.1) is 0 Å². The minimum absolute atomic E-state index is 0.533. The largest absolute Gasteiger partial charge is 0.314 e. The van der Waals surface area contributed by atoms with Crippen molar-refractivity contribution in [1.29, 1.82) is 0 Å². The van der Waals surface area contributed by atoms with Crippen LogP contribution in [0.2, 0.25) is 0 Å². The van der Waals surface area contributed by atoms with Gasteiger partial charge in [0.05, 0.1) is 0 Å². The maximum Gasteiger partial charge on any atom is 0.0363 e. The molecule has 0 unspecified atom stereocenters. The van der Waals surface area contributed by atoms with Crippen molar-refractivity contribution in [2.75, 3.05) is 37.7 Å². The zero-order valence-electron chi connectivity index (χ0n) is 9.29. The normalized spacial score (nSPS) is 20.5. The van der Waals surface area contributed by atoms with Crippen LogP contribution in [0.25, 0.3) is 0 Å². The fraction of sp³-hybridized carbons (Fsp3) is 1.00. The van der Waals surface area contributed by atoms with Gasteiger partial charge in [-0.1, -0.05) is 13.8 Å². The molecule has 0 spiro atoms. The van der Waals surface area contributed by atoms with Crippen molar-refractivity contribution in [3.8, 4) is 0 Å². The maximum absolute atomic E-state index is 11.1. The Balaban J connectivity index is 1.99. The molecule has 1 heterocycles. The summed E-state index contributed by atoms with van der Waals surface area (Å²) in [5.41, 5.74) is 0. The molecule has 84 valence electrons. The van der Waals surface area contributed by atoms with Gasteiger partial charge in [-0.3, -0.25) is 4.21 Å². The molecule has 0 atom stereocenters. The molecule has 0 radical (unpaired) electrons. The molecule has 3 nitrogen and oxygen atoms in total. The van der Waals surface area contributed by atoms with Crippen LogP contribution < -0.4 is 5.32 Å². The zero-order chi connectivity index (χ0) is 10.4. The summed E-state index contributed by atoms with van der Waals surface area (Å²) in [4.78, 5) is 2.42. The monoisotopic (exact) mass is 218 g/mol. The smallest absolute Gasteiger partial charge is 0.0363 e. The molecule has 1 rings (SSSR count). The summed E-state index contributed by atoms with van der Waals surface area (Å²) in [5.74, 6) is 1.75. The predicted octanol–water partition coefficient (Wildman–Crippen LogP) is 0.439. The average molecular weight is 218 g/mol. The van der Waals surface area contributed by atoms with E-state index in [9.17, 15) is 4.21 Å². The van der Waals surface area contributed by atoms with E-state index in [0.29, 0.717) is 6.04 Å². The Morgan fingerprint density at radius 2 is 2.00 bits per heavy atom. The van der Waals surface area contributed by atoms with Gasteiger partial charge in [-0.05, 0) is 19.5 Å². The molecule has 1 N–H and O–H groups in total. The fourth-order valence-electron chi connectivity index (χ4n) is 1.59. The van der Waals surface area contributed by atoms with Gasteiger partial charge in [0.2, 0.25) is 0 Å². The number of hydrogen-bond acceptors (Lipinski definition) is 3. The van der Waals surface area contributed by atoms with Crippen molar-refractivity contribution in [2.24, 2.45) is 0 Å². The highest BCUT2D eigenvalue weighted by Crippen LogP contribution is 2.00. The highest BCUT2D eigenvalue weighted by Gasteiger charge is 2.13. The third-order valence-electron chi connectivity index (χ3n) is 2.47. The van der Waals surface area contributed by atoms with Crippen LogP contribution in [0.15, 0.2) is 0 Å². The molecule has 1 saturated heterocycles. The van der Waals surface area contributed by atoms with Crippen molar-refractivity contribution in [3.05, 3.63) is 0 Å². The molecule has 14 heavy (non-hydrogen) atoms. The molecule has 0 aliphatic carbocycles. The third-order valence-corrected chi connectivity index (χ3v) is 3.75. The Bertz CT molecular complexity index is 175. The molecule has 0 saturated carbocycles. The van der Waals surface area contributed by atoms with E-state index in [2.05, 4.69) is 24.1 Å². The number of nitrogens with one attached hydrogen (secondary N) is 1. The number of rotatable bonds is 5. The van der Waals surface area contributed by atoms with Crippen LogP contribution in [0.4, 0.5) is 0 Å². The quantitative estimate of drug-likeness (QED) is 0.680. The van der Waals surface area contributed by atoms with E-state index in [-0.39, 0.29) is 0 Å². The summed E-state index contributed by atoms with van der Waals surface area (Å²) >= 11 is 0. The molecule has 0 aromatic rings. The van der Waals surface area contributed by atoms with E-state index in [1.165, 1.54) is 6.42 Å². The number of hydrogen-bond donors (Lipinski definition) is 1. The Kier molecular flexibility index (Phi) is 5.67. The van der Waals surface area contributed by atoms with Gasteiger partial charge < -0.3 is 10.2 Å². The molecule has 0 amide bonds. The lowest BCUT2D eigenvalue weighted by Gasteiger charge is -2.26. The summed E-state index contributed by atoms with van der Waals surface area (Å²) in [6.45, 7) is 8.63. The third kappa shape index (κ3) is 5.08. The Morgan fingerprint density at radius 1 is 1.36 bits per heavy atom. The minimum atomic E-state index is -0.533. The molecular formula is C10H22N2OS. The first-order valence-electron chi connectivity index (χ1n) is 5.49. The highest BCUT2D eigenvalue weighted by atomic mass is 32.2. The highest BCUT2D eigenvalue weighted by molar-refractivity contribution is 7.85. The zero-order valence-corrected chi connectivity index (χ0v) is 10.1. The second-order valence-corrected chi connectivity index (χ2v) is 5.85. The maximum atomic E-state index is 11.1. The van der Waals surface area contributed by atoms with E-state index >= 15 is 0 Å². The molecule has 0 aromatic carbocycles. The van der Waals surface area contributed by atoms with E-state index in [1.54, 1.807) is 0 Å². The van der Waals surface area contributed by atoms with Crippen LogP contribution in [0.5, 0.6) is 0 Å². The summed E-state index contributed by atoms with van der Waals surface area (Å²) in [6, 6.07) is 0.587. The minimum Gasteiger partial charge on any atom is -0.314 e. The summed E-state index contributed by atoms with van der Waals surface area (Å²) < 4.78 is 11.1. The Morgan fingerprint density at radius 3 is 2.57 bits per heavy atom. The van der Waals surface area contributed by atoms with Crippen LogP contribution in [0.3, 0.4) is 0 Å². The first kappa shape index (κ1) is 12.1. The van der Waals surface area contributed by atoms with Gasteiger partial charge in [0.25, 0.3) is 0 Å². The lowest BCUT2D eigenvalue weighted by Crippen LogP contribution is -2.39. The van der Waals surface area contributed by atoms with Crippen LogP contribution in [0, 0.1) is 0 Å². The van der Waals surface area contributed by atoms with Crippen LogP contribution in [0.1, 0.15) is 20.3 Å². The predicted molar refractivity (Wildman–Crippen MR) is 62.1 cm³/mol. The molecule has 4 heteroatoms. The van der Waals surface area contributed by atoms with E-state index < -0.39 is 10.8 Å². The second-order valence-electron chi connectivity index (χ2n) is 4.15. The average Bonchev–Trinajstić information content (AvgIpc) is 2.15. The van der Waals surface area contributed by atoms with E-state index in [1.807, 2.05) is 0 Å². The van der Waals surface area contributed by atoms with Crippen LogP contribution in [-0.2, 0) is 10.8 Å². The first-order chi connectivity index (χ1) is 6.68. The van der Waals surface area contributed by atoms with Crippen molar-refractivity contribution in [2.45, 2.75) is 26.3 Å². The van der Waals surface area contributed by atoms with Gasteiger partial charge in [0, 0.05) is 41.4 Å². The van der Waals surface area contributed by atoms with E-state index in [0.717, 1.165) is 37.7 Å². The topological polar surface area (TPSA) is 32.3 Å². The SMILES string of the molecule is CC(C)NCCCN1CCS(=O)CC1. The summed E-state index contributed by atoms with van der Waals surface area (Å²) in [6.07, 6.45) is 1.20. The van der Waals surface area contributed by atoms with Gasteiger partial charge in [0.15, 0.2) is 0 Å². The van der Waals surface area contributed by atoms with Crippen LogP contribution >= 0.6 is 0 Å². The van der Waals surface area contributed by atoms with Crippen molar-refractivity contribution in [3.63, 3.8) is 0 Å². The van der Waals surface area contributed by atoms with Crippen molar-refractivity contribution < 1.29 is 4.21 Å². The first-order valence-corrected chi connectivity index (χ1v) is 6.98. The molecule has 1 fully saturated rings. The van der Waals surface area contributed by atoms with Crippen LogP contribution in [-0.4, -0.2) is 52.8 Å². The van der Waals surface area contributed by atoms with Crippen molar-refractivity contribution >= 4 is 10.8 Å². The van der Waals surface area contributed by atoms with Gasteiger partial charge in [-0.2, -0.15) is 0 Å². The van der Waals surface area contributed by atoms with Crippen molar-refractivity contribution in [1.82, 2.24) is 10.2 Å². The molecule has 0 aromatic heterocycles. The summed E-state index contributed by atoms with van der Waals surface area (Å²) in [7, 11) is -0.533. The molecule has 0 bridgehead atoms. The second kappa shape index (κ2) is 6.53. The Labute approximate surface area is 89.7 Å². The summed E-state index contributed by atoms with van der Waals surface area (Å²) in [5, 5.41) is 3.41. The molecular weight excluding hydrogens is 196 g/mol. The molecule has 1 aliphatic heterocycles. The van der Waals surface area contributed by atoms with E-state index in [4.69, 9.17) is 0 Å². The standard InChI is InChI=1S/C10H22N2OS/c1-10(2)11-4-3-5-12-6-8-14(13)9-7-12/h10-11H,3-9H2,1-2H3. The lowest BCUT2D eigenvalue weighted by atomic mass is 10.3. The van der Waals surface area contributed by atoms with Gasteiger partial charge >= 0.3 is 0 Å². The Hall–Kier alpha value is 0.0700. The van der Waals surface area contributed by atoms with Gasteiger partial charge in [-0.25, -0.2) is 0 Å². The molecule has 1 aliphatic rings.